The van der Waals surface area contributed by atoms with Crippen molar-refractivity contribution in [1.29, 1.82) is 0 Å². The van der Waals surface area contributed by atoms with E-state index in [-0.39, 0.29) is 5.88 Å². The molecule has 11 heavy (non-hydrogen) atoms. The first-order valence-electron chi connectivity index (χ1n) is 2.53. The molecule has 0 amide bonds. The van der Waals surface area contributed by atoms with Gasteiger partial charge < -0.3 is 4.74 Å². The van der Waals surface area contributed by atoms with Gasteiger partial charge in [0, 0.05) is 17.8 Å². The van der Waals surface area contributed by atoms with Crippen molar-refractivity contribution in [2.75, 3.05) is 0 Å². The van der Waals surface area contributed by atoms with Crippen molar-refractivity contribution >= 4 is 33.0 Å². The van der Waals surface area contributed by atoms with Crippen molar-refractivity contribution in [1.82, 2.24) is 9.97 Å². The molecule has 0 spiro atoms. The van der Waals surface area contributed by atoms with Gasteiger partial charge in [0.1, 0.15) is 6.33 Å². The lowest BCUT2D eigenvalue weighted by atomic mass is 10.6. The Bertz CT molecular complexity index is 281. The van der Waals surface area contributed by atoms with Crippen LogP contribution in [0.3, 0.4) is 0 Å². The molecule has 0 aliphatic rings. The highest BCUT2D eigenvalue weighted by Gasteiger charge is 2.04. The van der Waals surface area contributed by atoms with Crippen molar-refractivity contribution < 1.29 is 9.53 Å². The van der Waals surface area contributed by atoms with Crippen molar-refractivity contribution in [3.05, 3.63) is 17.0 Å². The van der Waals surface area contributed by atoms with E-state index in [0.29, 0.717) is 4.47 Å². The number of carbonyl (C=O) groups is 1. The quantitative estimate of drug-likeness (QED) is 0.701. The Hall–Kier alpha value is -0.680. The summed E-state index contributed by atoms with van der Waals surface area (Å²) in [6, 6.07) is 0. The normalized spacial score (nSPS) is 9.27. The van der Waals surface area contributed by atoms with E-state index >= 15 is 0 Å². The van der Waals surface area contributed by atoms with Crippen LogP contribution in [0.4, 0.5) is 4.79 Å². The molecule has 0 atom stereocenters. The molecule has 4 nitrogen and oxygen atoms in total. The molecule has 1 aromatic rings. The zero-order valence-electron chi connectivity index (χ0n) is 5.12. The molecule has 0 unspecified atom stereocenters. The van der Waals surface area contributed by atoms with Gasteiger partial charge in [0.15, 0.2) is 0 Å². The first kappa shape index (κ1) is 8.42. The summed E-state index contributed by atoms with van der Waals surface area (Å²) in [6.45, 7) is 0. The summed E-state index contributed by atoms with van der Waals surface area (Å²) in [4.78, 5) is 17.5. The van der Waals surface area contributed by atoms with Gasteiger partial charge in [0.2, 0.25) is 5.88 Å². The number of carbonyl (C=O) groups excluding carboxylic acids is 1. The van der Waals surface area contributed by atoms with E-state index in [1.165, 1.54) is 12.5 Å². The Kier molecular flexibility index (Phi) is 2.78. The Labute approximate surface area is 75.7 Å². The first-order valence-corrected chi connectivity index (χ1v) is 3.70. The van der Waals surface area contributed by atoms with Crippen LogP contribution in [0.2, 0.25) is 0 Å². The van der Waals surface area contributed by atoms with Crippen LogP contribution in [0, 0.1) is 0 Å². The van der Waals surface area contributed by atoms with Crippen LogP contribution in [0.25, 0.3) is 0 Å². The first-order chi connectivity index (χ1) is 5.20. The summed E-state index contributed by atoms with van der Waals surface area (Å²) >= 11 is 8.01. The van der Waals surface area contributed by atoms with Crippen LogP contribution in [0.1, 0.15) is 0 Å². The third-order valence-electron chi connectivity index (χ3n) is 0.811. The van der Waals surface area contributed by atoms with Crippen molar-refractivity contribution in [2.45, 2.75) is 0 Å². The highest BCUT2D eigenvalue weighted by atomic mass is 79.9. The van der Waals surface area contributed by atoms with E-state index in [4.69, 9.17) is 11.6 Å². The second-order valence-electron chi connectivity index (χ2n) is 1.52. The monoisotopic (exact) mass is 236 g/mol. The molecule has 0 saturated heterocycles. The number of aromatic nitrogens is 2. The van der Waals surface area contributed by atoms with Gasteiger partial charge in [-0.3, -0.25) is 0 Å². The fourth-order valence-electron chi connectivity index (χ4n) is 0.453. The Balaban J connectivity index is 2.86. The van der Waals surface area contributed by atoms with Gasteiger partial charge in [-0.15, -0.1) is 0 Å². The fraction of sp³-hybridized carbons (Fsp3) is 0. The average molecular weight is 237 g/mol. The van der Waals surface area contributed by atoms with Crippen molar-refractivity contribution in [2.24, 2.45) is 0 Å². The van der Waals surface area contributed by atoms with Gasteiger partial charge in [-0.2, -0.15) is 0 Å². The van der Waals surface area contributed by atoms with Crippen LogP contribution >= 0.6 is 27.5 Å². The van der Waals surface area contributed by atoms with Crippen LogP contribution in [0.15, 0.2) is 17.0 Å². The zero-order chi connectivity index (χ0) is 8.27. The molecule has 0 aliphatic heterocycles. The highest BCUT2D eigenvalue weighted by molar-refractivity contribution is 9.10. The molecule has 0 bridgehead atoms. The molecule has 1 heterocycles. The highest BCUT2D eigenvalue weighted by Crippen LogP contribution is 2.19. The summed E-state index contributed by atoms with van der Waals surface area (Å²) in [6.07, 6.45) is 2.70. The zero-order valence-corrected chi connectivity index (χ0v) is 7.46. The van der Waals surface area contributed by atoms with Crippen LogP contribution in [-0.2, 0) is 0 Å². The molecule has 0 aromatic carbocycles. The lowest BCUT2D eigenvalue weighted by Gasteiger charge is -1.97. The van der Waals surface area contributed by atoms with E-state index in [1.54, 1.807) is 0 Å². The van der Waals surface area contributed by atoms with E-state index in [1.807, 2.05) is 0 Å². The predicted molar refractivity (Wildman–Crippen MR) is 41.6 cm³/mol. The molecule has 0 aliphatic carbocycles. The molecule has 0 N–H and O–H groups in total. The number of hydrogen-bond acceptors (Lipinski definition) is 4. The molecular formula is C5H2BrClN2O2. The predicted octanol–water partition coefficient (Wildman–Crippen LogP) is 1.98. The molecule has 0 fully saturated rings. The average Bonchev–Trinajstić information content (AvgIpc) is 1.93. The van der Waals surface area contributed by atoms with Gasteiger partial charge in [-0.1, -0.05) is 0 Å². The van der Waals surface area contributed by atoms with E-state index in [0.717, 1.165) is 0 Å². The molecular weight excluding hydrogens is 235 g/mol. The lowest BCUT2D eigenvalue weighted by molar-refractivity contribution is 0.223. The number of rotatable bonds is 1. The second kappa shape index (κ2) is 3.64. The summed E-state index contributed by atoms with van der Waals surface area (Å²) in [5.74, 6) is 0.111. The van der Waals surface area contributed by atoms with E-state index in [9.17, 15) is 4.79 Å². The Morgan fingerprint density at radius 1 is 1.73 bits per heavy atom. The fourth-order valence-corrected chi connectivity index (χ4v) is 0.827. The maximum Gasteiger partial charge on any atom is 0.410 e. The van der Waals surface area contributed by atoms with Crippen LogP contribution < -0.4 is 4.74 Å². The summed E-state index contributed by atoms with van der Waals surface area (Å²) in [7, 11) is 0. The number of halogens is 2. The number of hydrogen-bond donors (Lipinski definition) is 0. The molecule has 0 saturated carbocycles. The number of ether oxygens (including phenoxy) is 1. The minimum absolute atomic E-state index is 0.111. The Morgan fingerprint density at radius 2 is 2.45 bits per heavy atom. The van der Waals surface area contributed by atoms with Gasteiger partial charge >= 0.3 is 5.43 Å². The topological polar surface area (TPSA) is 52.1 Å². The third-order valence-corrected chi connectivity index (χ3v) is 1.43. The van der Waals surface area contributed by atoms with Crippen molar-refractivity contribution in [3.63, 3.8) is 0 Å². The summed E-state index contributed by atoms with van der Waals surface area (Å²) < 4.78 is 4.95. The SMILES string of the molecule is O=C(Cl)Oc1ncncc1Br. The maximum atomic E-state index is 10.2. The van der Waals surface area contributed by atoms with Gasteiger partial charge in [-0.05, 0) is 15.9 Å². The van der Waals surface area contributed by atoms with E-state index in [2.05, 4.69) is 30.6 Å². The summed E-state index contributed by atoms with van der Waals surface area (Å²) in [5, 5.41) is 0. The minimum Gasteiger partial charge on any atom is -0.394 e. The van der Waals surface area contributed by atoms with Crippen LogP contribution in [-0.4, -0.2) is 15.4 Å². The molecule has 1 rings (SSSR count). The minimum atomic E-state index is -0.926. The van der Waals surface area contributed by atoms with Gasteiger partial charge in [-0.25, -0.2) is 14.8 Å². The largest absolute Gasteiger partial charge is 0.410 e. The molecule has 58 valence electrons. The van der Waals surface area contributed by atoms with Crippen LogP contribution in [0.5, 0.6) is 5.88 Å². The van der Waals surface area contributed by atoms with Gasteiger partial charge in [0.05, 0.1) is 4.47 Å². The standard InChI is InChI=1S/C5H2BrClN2O2/c6-3-1-8-2-9-4(3)11-5(7)10/h1-2H. The molecule has 6 heteroatoms. The Morgan fingerprint density at radius 3 is 3.00 bits per heavy atom. The smallest absolute Gasteiger partial charge is 0.394 e. The number of nitrogens with zero attached hydrogens (tertiary/aromatic N) is 2. The van der Waals surface area contributed by atoms with Gasteiger partial charge in [0.25, 0.3) is 0 Å². The maximum absolute atomic E-state index is 10.2. The molecule has 0 radical (unpaired) electrons. The second-order valence-corrected chi connectivity index (χ2v) is 2.68. The van der Waals surface area contributed by atoms with Crippen molar-refractivity contribution in [3.8, 4) is 5.88 Å². The lowest BCUT2D eigenvalue weighted by Crippen LogP contribution is -1.99. The summed E-state index contributed by atoms with van der Waals surface area (Å²) in [5.41, 5.74) is -0.926. The van der Waals surface area contributed by atoms with E-state index < -0.39 is 5.43 Å². The molecule has 1 aromatic heterocycles. The third kappa shape index (κ3) is 2.44.